The van der Waals surface area contributed by atoms with Crippen molar-refractivity contribution in [2.45, 2.75) is 19.9 Å². The van der Waals surface area contributed by atoms with Gasteiger partial charge in [0.05, 0.1) is 5.69 Å². The largest absolute Gasteiger partial charge is 0.356 e. The van der Waals surface area contributed by atoms with Crippen molar-refractivity contribution in [3.63, 3.8) is 0 Å². The van der Waals surface area contributed by atoms with Crippen molar-refractivity contribution in [2.75, 3.05) is 20.6 Å². The van der Waals surface area contributed by atoms with E-state index in [0.717, 1.165) is 23.4 Å². The van der Waals surface area contributed by atoms with Crippen molar-refractivity contribution in [3.05, 3.63) is 83.2 Å². The summed E-state index contributed by atoms with van der Waals surface area (Å²) in [5, 5.41) is 9.06. The lowest BCUT2D eigenvalue weighted by Gasteiger charge is -2.13. The molecule has 32 heavy (non-hydrogen) atoms. The molecule has 170 valence electrons. The lowest BCUT2D eigenvalue weighted by atomic mass is 10.1. The Bertz CT molecular complexity index is 1080. The molecule has 1 amide bonds. The standard InChI is InChI=1S/C23H27FN6O.HI/c1-16-27-11-12-30(16)21-8-7-18(14-20(21)24)15-29-23(26-3)28-10-9-17-5-4-6-19(13-17)22(31)25-2;/h4-8,11-14H,9-10,15H2,1-3H3,(H,25,31)(H2,26,28,29);1H. The Morgan fingerprint density at radius 2 is 1.97 bits per heavy atom. The molecule has 3 N–H and O–H groups in total. The van der Waals surface area contributed by atoms with Gasteiger partial charge in [-0.3, -0.25) is 9.79 Å². The number of imidazole rings is 1. The normalized spacial score (nSPS) is 10.9. The van der Waals surface area contributed by atoms with Crippen LogP contribution in [0.1, 0.15) is 27.3 Å². The molecule has 0 aliphatic rings. The second-order valence-corrected chi connectivity index (χ2v) is 7.01. The number of aliphatic imine (C=N–C) groups is 1. The van der Waals surface area contributed by atoms with E-state index in [1.165, 1.54) is 6.07 Å². The third-order valence-corrected chi connectivity index (χ3v) is 4.90. The highest BCUT2D eigenvalue weighted by atomic mass is 127. The molecule has 2 aromatic carbocycles. The van der Waals surface area contributed by atoms with Gasteiger partial charge in [0.2, 0.25) is 0 Å². The van der Waals surface area contributed by atoms with Gasteiger partial charge in [0.1, 0.15) is 11.6 Å². The highest BCUT2D eigenvalue weighted by Gasteiger charge is 2.09. The lowest BCUT2D eigenvalue weighted by Crippen LogP contribution is -2.37. The van der Waals surface area contributed by atoms with Crippen LogP contribution in [0.25, 0.3) is 5.69 Å². The summed E-state index contributed by atoms with van der Waals surface area (Å²) in [6, 6.07) is 12.7. The predicted molar refractivity (Wildman–Crippen MR) is 135 cm³/mol. The summed E-state index contributed by atoms with van der Waals surface area (Å²) in [6.45, 7) is 2.91. The van der Waals surface area contributed by atoms with E-state index in [1.54, 1.807) is 43.2 Å². The van der Waals surface area contributed by atoms with Crippen LogP contribution in [-0.4, -0.2) is 42.1 Å². The number of nitrogens with one attached hydrogen (secondary N) is 3. The summed E-state index contributed by atoms with van der Waals surface area (Å²) in [5.41, 5.74) is 2.97. The van der Waals surface area contributed by atoms with Crippen LogP contribution in [0.3, 0.4) is 0 Å². The Morgan fingerprint density at radius 3 is 2.62 bits per heavy atom. The van der Waals surface area contributed by atoms with Crippen molar-refractivity contribution < 1.29 is 9.18 Å². The molecule has 0 spiro atoms. The van der Waals surface area contributed by atoms with E-state index < -0.39 is 0 Å². The van der Waals surface area contributed by atoms with E-state index in [1.807, 2.05) is 31.2 Å². The SMILES string of the molecule is CN=C(NCCc1cccc(C(=O)NC)c1)NCc1ccc(-n2ccnc2C)c(F)c1.I. The monoisotopic (exact) mass is 550 g/mol. The number of guanidine groups is 1. The molecule has 0 fully saturated rings. The van der Waals surface area contributed by atoms with Gasteiger partial charge < -0.3 is 20.5 Å². The second-order valence-electron chi connectivity index (χ2n) is 7.01. The molecule has 1 aromatic heterocycles. The van der Waals surface area contributed by atoms with Gasteiger partial charge in [-0.05, 0) is 48.7 Å². The number of rotatable bonds is 7. The van der Waals surface area contributed by atoms with Crippen LogP contribution in [0.15, 0.2) is 59.9 Å². The number of aromatic nitrogens is 2. The molecule has 0 unspecified atom stereocenters. The highest BCUT2D eigenvalue weighted by molar-refractivity contribution is 14.0. The number of aryl methyl sites for hydroxylation is 1. The maximum absolute atomic E-state index is 14.6. The topological polar surface area (TPSA) is 83.3 Å². The van der Waals surface area contributed by atoms with Gasteiger partial charge in [-0.25, -0.2) is 9.37 Å². The van der Waals surface area contributed by atoms with E-state index in [9.17, 15) is 9.18 Å². The van der Waals surface area contributed by atoms with Gasteiger partial charge in [-0.2, -0.15) is 0 Å². The van der Waals surface area contributed by atoms with Crippen LogP contribution >= 0.6 is 24.0 Å². The first-order chi connectivity index (χ1) is 15.0. The molecule has 7 nitrogen and oxygen atoms in total. The molecule has 0 saturated heterocycles. The average Bonchev–Trinajstić information content (AvgIpc) is 3.21. The number of carbonyl (C=O) groups is 1. The molecule has 9 heteroatoms. The molecule has 3 aromatic rings. The number of benzene rings is 2. The van der Waals surface area contributed by atoms with Crippen LogP contribution in [0, 0.1) is 12.7 Å². The number of carbonyl (C=O) groups excluding carboxylic acids is 1. The van der Waals surface area contributed by atoms with Crippen LogP contribution in [0.5, 0.6) is 0 Å². The third kappa shape index (κ3) is 6.52. The van der Waals surface area contributed by atoms with Crippen molar-refractivity contribution in [2.24, 2.45) is 4.99 Å². The Kier molecular flexibility index (Phi) is 9.63. The number of hydrogen-bond donors (Lipinski definition) is 3. The van der Waals surface area contributed by atoms with Gasteiger partial charge in [0.15, 0.2) is 5.96 Å². The quantitative estimate of drug-likeness (QED) is 0.240. The first-order valence-electron chi connectivity index (χ1n) is 10.1. The zero-order valence-electron chi connectivity index (χ0n) is 18.4. The molecule has 1 heterocycles. The summed E-state index contributed by atoms with van der Waals surface area (Å²) in [7, 11) is 3.30. The van der Waals surface area contributed by atoms with Gasteiger partial charge in [-0.15, -0.1) is 24.0 Å². The minimum atomic E-state index is -0.306. The zero-order valence-corrected chi connectivity index (χ0v) is 20.7. The molecule has 0 bridgehead atoms. The van der Waals surface area contributed by atoms with Gasteiger partial charge in [-0.1, -0.05) is 18.2 Å². The molecule has 3 rings (SSSR count). The fourth-order valence-corrected chi connectivity index (χ4v) is 3.23. The second kappa shape index (κ2) is 12.2. The van der Waals surface area contributed by atoms with E-state index in [2.05, 4.69) is 25.9 Å². The summed E-state index contributed by atoms with van der Waals surface area (Å²) in [5.74, 6) is 0.945. The van der Waals surface area contributed by atoms with Crippen molar-refractivity contribution in [3.8, 4) is 5.69 Å². The third-order valence-electron chi connectivity index (χ3n) is 4.90. The van der Waals surface area contributed by atoms with Crippen LogP contribution in [-0.2, 0) is 13.0 Å². The van der Waals surface area contributed by atoms with Crippen molar-refractivity contribution in [1.29, 1.82) is 0 Å². The maximum atomic E-state index is 14.6. The molecule has 0 aliphatic heterocycles. The fraction of sp³-hybridized carbons (Fsp3) is 0.261. The Hall–Kier alpha value is -2.95. The van der Waals surface area contributed by atoms with E-state index in [4.69, 9.17) is 0 Å². The van der Waals surface area contributed by atoms with E-state index >= 15 is 0 Å². The molecule has 0 atom stereocenters. The molecule has 0 saturated carbocycles. The number of nitrogens with zero attached hydrogens (tertiary/aromatic N) is 3. The molecule has 0 aliphatic carbocycles. The molecule has 0 radical (unpaired) electrons. The summed E-state index contributed by atoms with van der Waals surface area (Å²) >= 11 is 0. The van der Waals surface area contributed by atoms with Crippen LogP contribution in [0.4, 0.5) is 4.39 Å². The highest BCUT2D eigenvalue weighted by Crippen LogP contribution is 2.16. The van der Waals surface area contributed by atoms with Gasteiger partial charge in [0, 0.05) is 45.1 Å². The first-order valence-corrected chi connectivity index (χ1v) is 10.1. The predicted octanol–water partition coefficient (Wildman–Crippen LogP) is 3.21. The van der Waals surface area contributed by atoms with E-state index in [0.29, 0.717) is 30.3 Å². The zero-order chi connectivity index (χ0) is 22.2. The van der Waals surface area contributed by atoms with Gasteiger partial charge >= 0.3 is 0 Å². The minimum absolute atomic E-state index is 0. The fourth-order valence-electron chi connectivity index (χ4n) is 3.23. The van der Waals surface area contributed by atoms with Gasteiger partial charge in [0.25, 0.3) is 5.91 Å². The summed E-state index contributed by atoms with van der Waals surface area (Å²) in [4.78, 5) is 20.1. The summed E-state index contributed by atoms with van der Waals surface area (Å²) < 4.78 is 16.3. The van der Waals surface area contributed by atoms with Crippen LogP contribution < -0.4 is 16.0 Å². The minimum Gasteiger partial charge on any atom is -0.356 e. The first kappa shape index (κ1) is 25.3. The van der Waals surface area contributed by atoms with Crippen molar-refractivity contribution in [1.82, 2.24) is 25.5 Å². The maximum Gasteiger partial charge on any atom is 0.251 e. The number of amides is 1. The average molecular weight is 550 g/mol. The Labute approximate surface area is 204 Å². The number of halogens is 2. The van der Waals surface area contributed by atoms with Crippen LogP contribution in [0.2, 0.25) is 0 Å². The van der Waals surface area contributed by atoms with E-state index in [-0.39, 0.29) is 35.7 Å². The smallest absolute Gasteiger partial charge is 0.251 e. The lowest BCUT2D eigenvalue weighted by molar-refractivity contribution is 0.0963. The van der Waals surface area contributed by atoms with Crippen molar-refractivity contribution >= 4 is 35.8 Å². The number of hydrogen-bond acceptors (Lipinski definition) is 3. The molecular weight excluding hydrogens is 522 g/mol. The Morgan fingerprint density at radius 1 is 1.16 bits per heavy atom. The molecular formula is C23H28FIN6O. The Balaban J connectivity index is 0.00000363. The summed E-state index contributed by atoms with van der Waals surface area (Å²) in [6.07, 6.45) is 4.12.